The number of pyridine rings is 1. The Morgan fingerprint density at radius 1 is 1.28 bits per heavy atom. The molecule has 0 atom stereocenters. The zero-order valence-electron chi connectivity index (χ0n) is 8.86. The third-order valence-corrected chi connectivity index (χ3v) is 2.61. The summed E-state index contributed by atoms with van der Waals surface area (Å²) < 4.78 is 0.926. The smallest absolute Gasteiger partial charge is 0.305 e. The Balaban J connectivity index is 2.24. The van der Waals surface area contributed by atoms with Gasteiger partial charge in [-0.05, 0) is 34.7 Å². The van der Waals surface area contributed by atoms with E-state index in [1.165, 1.54) is 0 Å². The maximum absolute atomic E-state index is 11.7. The summed E-state index contributed by atoms with van der Waals surface area (Å²) >= 11 is 2.08. The molecule has 0 saturated heterocycles. The molecular weight excluding hydrogens is 351 g/mol. The van der Waals surface area contributed by atoms with Gasteiger partial charge in [0.2, 0.25) is 0 Å². The molecule has 2 heterocycles. The number of halogens is 1. The van der Waals surface area contributed by atoms with Crippen LogP contribution in [0.3, 0.4) is 0 Å². The molecule has 0 aliphatic rings. The summed E-state index contributed by atoms with van der Waals surface area (Å²) in [5.41, 5.74) is -1.49. The van der Waals surface area contributed by atoms with Crippen molar-refractivity contribution in [3.8, 4) is 0 Å². The second-order valence-electron chi connectivity index (χ2n) is 3.32. The number of anilines is 1. The number of carbonyl (C=O) groups is 1. The Morgan fingerprint density at radius 2 is 2.06 bits per heavy atom. The van der Waals surface area contributed by atoms with Crippen LogP contribution in [0.1, 0.15) is 10.5 Å². The van der Waals surface area contributed by atoms with E-state index in [0.29, 0.717) is 5.82 Å². The third-order valence-electron chi connectivity index (χ3n) is 1.97. The summed E-state index contributed by atoms with van der Waals surface area (Å²) in [7, 11) is 0. The maximum atomic E-state index is 11.7. The number of hydrogen-bond acceptors (Lipinski definition) is 4. The van der Waals surface area contributed by atoms with Gasteiger partial charge in [-0.2, -0.15) is 0 Å². The van der Waals surface area contributed by atoms with Gasteiger partial charge >= 0.3 is 5.69 Å². The second-order valence-corrected chi connectivity index (χ2v) is 4.56. The molecule has 0 aliphatic heterocycles. The predicted octanol–water partition coefficient (Wildman–Crippen LogP) is 0.315. The topological polar surface area (TPSA) is 108 Å². The van der Waals surface area contributed by atoms with Crippen molar-refractivity contribution >= 4 is 34.3 Å². The highest BCUT2D eigenvalue weighted by Crippen LogP contribution is 2.07. The van der Waals surface area contributed by atoms with Crippen LogP contribution in [0.15, 0.2) is 34.0 Å². The summed E-state index contributed by atoms with van der Waals surface area (Å²) in [4.78, 5) is 41.9. The summed E-state index contributed by atoms with van der Waals surface area (Å²) in [5.74, 6) is -0.270. The van der Waals surface area contributed by atoms with Gasteiger partial charge < -0.3 is 10.3 Å². The van der Waals surface area contributed by atoms with E-state index in [9.17, 15) is 14.4 Å². The first-order valence-electron chi connectivity index (χ1n) is 4.81. The average molecular weight is 358 g/mol. The van der Waals surface area contributed by atoms with Crippen LogP contribution in [0.4, 0.5) is 5.82 Å². The number of hydrogen-bond donors (Lipinski definition) is 3. The summed E-state index contributed by atoms with van der Waals surface area (Å²) in [5, 5.41) is 2.46. The molecule has 8 heteroatoms. The molecule has 2 rings (SSSR count). The minimum Gasteiger partial charge on any atom is -0.305 e. The van der Waals surface area contributed by atoms with Gasteiger partial charge in [-0.25, -0.2) is 9.78 Å². The Labute approximate surface area is 114 Å². The molecule has 0 saturated carbocycles. The van der Waals surface area contributed by atoms with Crippen molar-refractivity contribution in [3.63, 3.8) is 0 Å². The molecule has 0 aliphatic carbocycles. The molecule has 0 fully saturated rings. The average Bonchev–Trinajstić information content (AvgIpc) is 2.31. The van der Waals surface area contributed by atoms with Crippen LogP contribution in [0.2, 0.25) is 0 Å². The van der Waals surface area contributed by atoms with Crippen LogP contribution in [0, 0.1) is 3.57 Å². The lowest BCUT2D eigenvalue weighted by Gasteiger charge is -2.03. The third kappa shape index (κ3) is 3.03. The van der Waals surface area contributed by atoms with Crippen molar-refractivity contribution in [1.82, 2.24) is 15.0 Å². The zero-order valence-corrected chi connectivity index (χ0v) is 11.0. The number of nitrogens with zero attached hydrogens (tertiary/aromatic N) is 1. The van der Waals surface area contributed by atoms with Gasteiger partial charge in [-0.1, -0.05) is 0 Å². The highest BCUT2D eigenvalue weighted by Gasteiger charge is 2.08. The Hall–Kier alpha value is -1.97. The molecule has 2 aromatic heterocycles. The minimum atomic E-state index is -0.733. The van der Waals surface area contributed by atoms with Gasteiger partial charge in [0.15, 0.2) is 0 Å². The highest BCUT2D eigenvalue weighted by molar-refractivity contribution is 14.1. The Bertz CT molecular complexity index is 661. The Morgan fingerprint density at radius 3 is 2.67 bits per heavy atom. The number of H-pyrrole nitrogens is 2. The van der Waals surface area contributed by atoms with Crippen molar-refractivity contribution < 1.29 is 4.79 Å². The van der Waals surface area contributed by atoms with Gasteiger partial charge in [0, 0.05) is 15.8 Å². The standard InChI is InChI=1S/C10H7IN4O3/c11-5-1-2-7(12-4-5)14-9(17)6-3-8(16)15-10(18)13-6/h1-4H,(H,12,14,17)(H2,13,15,16,18). The van der Waals surface area contributed by atoms with E-state index in [-0.39, 0.29) is 5.69 Å². The van der Waals surface area contributed by atoms with E-state index in [2.05, 4.69) is 37.9 Å². The van der Waals surface area contributed by atoms with Crippen LogP contribution in [-0.2, 0) is 0 Å². The lowest BCUT2D eigenvalue weighted by atomic mass is 10.3. The van der Waals surface area contributed by atoms with E-state index in [1.807, 2.05) is 4.98 Å². The van der Waals surface area contributed by atoms with Crippen LogP contribution in [0.5, 0.6) is 0 Å². The van der Waals surface area contributed by atoms with Gasteiger partial charge in [0.1, 0.15) is 11.5 Å². The van der Waals surface area contributed by atoms with Gasteiger partial charge in [-0.15, -0.1) is 0 Å². The number of aromatic amines is 2. The molecule has 0 spiro atoms. The fourth-order valence-corrected chi connectivity index (χ4v) is 1.54. The summed E-state index contributed by atoms with van der Waals surface area (Å²) in [6, 6.07) is 4.39. The molecule has 3 N–H and O–H groups in total. The molecule has 0 radical (unpaired) electrons. The lowest BCUT2D eigenvalue weighted by molar-refractivity contribution is 0.102. The monoisotopic (exact) mass is 358 g/mol. The zero-order chi connectivity index (χ0) is 13.1. The van der Waals surface area contributed by atoms with E-state index < -0.39 is 17.2 Å². The van der Waals surface area contributed by atoms with E-state index in [0.717, 1.165) is 9.64 Å². The maximum Gasteiger partial charge on any atom is 0.326 e. The fraction of sp³-hybridized carbons (Fsp3) is 0. The number of aromatic nitrogens is 3. The Kier molecular flexibility index (Phi) is 3.55. The lowest BCUT2D eigenvalue weighted by Crippen LogP contribution is -2.27. The highest BCUT2D eigenvalue weighted by atomic mass is 127. The van der Waals surface area contributed by atoms with E-state index in [1.54, 1.807) is 18.3 Å². The van der Waals surface area contributed by atoms with Crippen molar-refractivity contribution in [3.05, 3.63) is 54.5 Å². The SMILES string of the molecule is O=C(Nc1ccc(I)cn1)c1cc(=O)[nH]c(=O)[nH]1. The van der Waals surface area contributed by atoms with E-state index in [4.69, 9.17) is 0 Å². The first kappa shape index (κ1) is 12.5. The molecule has 0 aromatic carbocycles. The van der Waals surface area contributed by atoms with Gasteiger partial charge in [0.05, 0.1) is 0 Å². The summed E-state index contributed by atoms with van der Waals surface area (Å²) in [6.07, 6.45) is 1.58. The van der Waals surface area contributed by atoms with Gasteiger partial charge in [0.25, 0.3) is 11.5 Å². The normalized spacial score (nSPS) is 10.1. The van der Waals surface area contributed by atoms with E-state index >= 15 is 0 Å². The summed E-state index contributed by atoms with van der Waals surface area (Å²) in [6.45, 7) is 0. The fourth-order valence-electron chi connectivity index (χ4n) is 1.22. The second kappa shape index (κ2) is 5.12. The molecule has 7 nitrogen and oxygen atoms in total. The quantitative estimate of drug-likeness (QED) is 0.672. The minimum absolute atomic E-state index is 0.121. The molecule has 92 valence electrons. The van der Waals surface area contributed by atoms with Crippen molar-refractivity contribution in [2.45, 2.75) is 0 Å². The molecule has 2 aromatic rings. The van der Waals surface area contributed by atoms with Crippen LogP contribution < -0.4 is 16.6 Å². The van der Waals surface area contributed by atoms with Crippen molar-refractivity contribution in [2.75, 3.05) is 5.32 Å². The predicted molar refractivity (Wildman–Crippen MR) is 72.6 cm³/mol. The van der Waals surface area contributed by atoms with Gasteiger partial charge in [-0.3, -0.25) is 14.6 Å². The van der Waals surface area contributed by atoms with Crippen LogP contribution >= 0.6 is 22.6 Å². The van der Waals surface area contributed by atoms with Crippen molar-refractivity contribution in [2.24, 2.45) is 0 Å². The molecular formula is C10H7IN4O3. The number of rotatable bonds is 2. The van der Waals surface area contributed by atoms with Crippen molar-refractivity contribution in [1.29, 1.82) is 0 Å². The number of carbonyl (C=O) groups excluding carboxylic acids is 1. The molecule has 0 unspecified atom stereocenters. The van der Waals surface area contributed by atoms with Crippen LogP contribution in [0.25, 0.3) is 0 Å². The molecule has 1 amide bonds. The largest absolute Gasteiger partial charge is 0.326 e. The molecule has 0 bridgehead atoms. The first-order chi connectivity index (χ1) is 8.54. The van der Waals surface area contributed by atoms with Crippen LogP contribution in [-0.4, -0.2) is 20.9 Å². The number of amides is 1. The first-order valence-corrected chi connectivity index (χ1v) is 5.89. The number of nitrogens with one attached hydrogen (secondary N) is 3. The molecule has 18 heavy (non-hydrogen) atoms.